The van der Waals surface area contributed by atoms with E-state index in [1.165, 1.54) is 30.5 Å². The van der Waals surface area contributed by atoms with Gasteiger partial charge in [0.1, 0.15) is 6.42 Å². The molecule has 3 N–H and O–H groups in total. The van der Waals surface area contributed by atoms with Crippen LogP contribution in [0.3, 0.4) is 0 Å². The number of benzene rings is 1. The van der Waals surface area contributed by atoms with E-state index in [4.69, 9.17) is 4.42 Å². The zero-order valence-corrected chi connectivity index (χ0v) is 15.4. The van der Waals surface area contributed by atoms with Gasteiger partial charge in [0.25, 0.3) is 0 Å². The second-order valence-electron chi connectivity index (χ2n) is 6.25. The van der Waals surface area contributed by atoms with Crippen molar-refractivity contribution in [3.63, 3.8) is 0 Å². The summed E-state index contributed by atoms with van der Waals surface area (Å²) >= 11 is 0. The number of H-pyrrole nitrogens is 2. The molecule has 0 bridgehead atoms. The molecule has 1 aliphatic heterocycles. The first-order valence-electron chi connectivity index (χ1n) is 8.68. The lowest BCUT2D eigenvalue weighted by molar-refractivity contribution is -0.128. The summed E-state index contributed by atoms with van der Waals surface area (Å²) in [5, 5.41) is 2.02. The van der Waals surface area contributed by atoms with Crippen LogP contribution < -0.4 is 27.3 Å². The first-order valence-corrected chi connectivity index (χ1v) is 8.68. The highest BCUT2D eigenvalue weighted by atomic mass is 16.4. The number of aromatic amines is 2. The highest BCUT2D eigenvalue weighted by molar-refractivity contribution is 6.25. The van der Waals surface area contributed by atoms with E-state index in [9.17, 15) is 28.8 Å². The summed E-state index contributed by atoms with van der Waals surface area (Å²) < 4.78 is 6.12. The largest absolute Gasteiger partial charge is 0.422 e. The summed E-state index contributed by atoms with van der Waals surface area (Å²) in [6.07, 6.45) is 0.937. The van der Waals surface area contributed by atoms with Crippen molar-refractivity contribution in [2.45, 2.75) is 6.42 Å². The fourth-order valence-electron chi connectivity index (χ4n) is 2.79. The van der Waals surface area contributed by atoms with E-state index in [-0.39, 0.29) is 17.5 Å². The van der Waals surface area contributed by atoms with E-state index in [1.807, 2.05) is 15.3 Å². The van der Waals surface area contributed by atoms with Gasteiger partial charge in [-0.15, -0.1) is 0 Å². The predicted molar refractivity (Wildman–Crippen MR) is 105 cm³/mol. The van der Waals surface area contributed by atoms with Crippen LogP contribution in [0.25, 0.3) is 5.69 Å². The Hall–Kier alpha value is -4.81. The Morgan fingerprint density at radius 2 is 1.58 bits per heavy atom. The summed E-state index contributed by atoms with van der Waals surface area (Å²) in [4.78, 5) is 78.4. The molecule has 31 heavy (non-hydrogen) atoms. The Labute approximate surface area is 170 Å². The molecule has 13 nitrogen and oxygen atoms in total. The van der Waals surface area contributed by atoms with Gasteiger partial charge in [0.15, 0.2) is 0 Å². The fourth-order valence-corrected chi connectivity index (χ4v) is 2.79. The summed E-state index contributed by atoms with van der Waals surface area (Å²) in [7, 11) is 0. The molecule has 0 aliphatic carbocycles. The number of hydrogen-bond donors (Lipinski definition) is 3. The Morgan fingerprint density at radius 3 is 2.23 bits per heavy atom. The zero-order valence-electron chi connectivity index (χ0n) is 15.4. The third-order valence-electron chi connectivity index (χ3n) is 4.15. The number of nitrogens with zero attached hydrogens (tertiary/aromatic N) is 3. The minimum atomic E-state index is -0.908. The van der Waals surface area contributed by atoms with Crippen molar-refractivity contribution in [1.29, 1.82) is 0 Å². The highest BCUT2D eigenvalue weighted by Gasteiger charge is 2.34. The Morgan fingerprint density at radius 1 is 0.903 bits per heavy atom. The summed E-state index contributed by atoms with van der Waals surface area (Å²) in [5.74, 6) is -1.41. The van der Waals surface area contributed by atoms with Crippen LogP contribution in [0.5, 0.6) is 0 Å². The van der Waals surface area contributed by atoms with Gasteiger partial charge >= 0.3 is 23.1 Å². The van der Waals surface area contributed by atoms with Gasteiger partial charge in [0, 0.05) is 18.3 Å². The number of nitrogens with one attached hydrogen (secondary N) is 3. The second kappa shape index (κ2) is 7.55. The Balaban J connectivity index is 1.53. The van der Waals surface area contributed by atoms with Crippen LogP contribution in [0.2, 0.25) is 0 Å². The molecule has 156 valence electrons. The van der Waals surface area contributed by atoms with Crippen molar-refractivity contribution in [1.82, 2.24) is 19.9 Å². The number of rotatable bonds is 4. The number of furan rings is 1. The first kappa shape index (κ1) is 19.5. The van der Waals surface area contributed by atoms with Crippen molar-refractivity contribution in [2.75, 3.05) is 4.90 Å². The number of imide groups is 2. The van der Waals surface area contributed by atoms with Gasteiger partial charge in [-0.3, -0.25) is 24.9 Å². The van der Waals surface area contributed by atoms with Crippen molar-refractivity contribution in [2.24, 2.45) is 4.99 Å². The maximum Gasteiger partial charge on any atom is 0.338 e. The number of aliphatic imine (C=N–C) groups is 1. The van der Waals surface area contributed by atoms with Gasteiger partial charge in [-0.2, -0.15) is 4.90 Å². The summed E-state index contributed by atoms with van der Waals surface area (Å²) in [6, 6.07) is 7.94. The lowest BCUT2D eigenvalue weighted by atomic mass is 10.2. The molecule has 4 amide bonds. The molecule has 1 aromatic carbocycles. The number of carbonyl (C=O) groups is 3. The number of hydrogen-bond acceptors (Lipinski definition) is 8. The van der Waals surface area contributed by atoms with E-state index in [0.717, 1.165) is 4.57 Å². The van der Waals surface area contributed by atoms with Crippen LogP contribution in [-0.4, -0.2) is 38.6 Å². The highest BCUT2D eigenvalue weighted by Crippen LogP contribution is 2.26. The molecule has 4 rings (SSSR count). The topological polar surface area (TPSA) is 180 Å². The third-order valence-corrected chi connectivity index (χ3v) is 4.15. The molecule has 0 spiro atoms. The zero-order chi connectivity index (χ0) is 22.1. The smallest absolute Gasteiger partial charge is 0.338 e. The van der Waals surface area contributed by atoms with Gasteiger partial charge in [-0.25, -0.2) is 28.7 Å². The second-order valence-corrected chi connectivity index (χ2v) is 6.25. The van der Waals surface area contributed by atoms with Crippen molar-refractivity contribution < 1.29 is 18.8 Å². The van der Waals surface area contributed by atoms with Gasteiger partial charge in [-0.1, -0.05) is 12.1 Å². The molecule has 0 unspecified atom stereocenters. The fraction of sp³-hybridized carbons (Fsp3) is 0.0556. The molecular weight excluding hydrogens is 412 g/mol. The predicted octanol–water partition coefficient (Wildman–Crippen LogP) is -0.469. The molecule has 0 atom stereocenters. The molecule has 3 aromatic rings. The number of amides is 4. The normalized spacial score (nSPS) is 14.3. The molecule has 2 aromatic heterocycles. The lowest BCUT2D eigenvalue weighted by Crippen LogP contribution is -2.52. The van der Waals surface area contributed by atoms with Crippen molar-refractivity contribution >= 4 is 35.8 Å². The minimum Gasteiger partial charge on any atom is -0.422 e. The van der Waals surface area contributed by atoms with Crippen LogP contribution in [0, 0.1) is 0 Å². The van der Waals surface area contributed by atoms with Gasteiger partial charge in [0.05, 0.1) is 5.69 Å². The lowest BCUT2D eigenvalue weighted by Gasteiger charge is -2.21. The number of carbonyl (C=O) groups excluding carboxylic acids is 3. The van der Waals surface area contributed by atoms with Gasteiger partial charge in [-0.05, 0) is 17.7 Å². The van der Waals surface area contributed by atoms with E-state index in [0.29, 0.717) is 10.5 Å². The van der Waals surface area contributed by atoms with E-state index in [1.54, 1.807) is 12.1 Å². The third kappa shape index (κ3) is 3.87. The number of anilines is 1. The molecule has 1 fully saturated rings. The minimum absolute atomic E-state index is 0.0878. The van der Waals surface area contributed by atoms with Crippen molar-refractivity contribution in [3.8, 4) is 5.69 Å². The van der Waals surface area contributed by atoms with Crippen LogP contribution in [0.15, 0.2) is 60.2 Å². The van der Waals surface area contributed by atoms with Gasteiger partial charge in [0.2, 0.25) is 23.6 Å². The van der Waals surface area contributed by atoms with Crippen molar-refractivity contribution in [3.05, 3.63) is 73.4 Å². The monoisotopic (exact) mass is 424 g/mol. The maximum absolute atomic E-state index is 11.9. The first-order chi connectivity index (χ1) is 14.8. The van der Waals surface area contributed by atoms with Gasteiger partial charge < -0.3 is 4.42 Å². The molecule has 13 heteroatoms. The average Bonchev–Trinajstić information content (AvgIpc) is 3.14. The molecule has 3 heterocycles. The summed E-state index contributed by atoms with van der Waals surface area (Å²) in [5.41, 5.74) is -1.85. The molecule has 1 aliphatic rings. The van der Waals surface area contributed by atoms with Crippen LogP contribution in [0.4, 0.5) is 16.6 Å². The Bertz CT molecular complexity index is 1350. The Kier molecular flexibility index (Phi) is 4.75. The SMILES string of the molecule is O=C1CC(=O)N(c2ccc(N=Cc3ccc(-n4c(=O)[nH]c(=O)[nH]c4=O)cc3)o2)C(=O)N1. The summed E-state index contributed by atoms with van der Waals surface area (Å²) in [6.45, 7) is 0. The number of barbiturate groups is 1. The van der Waals surface area contributed by atoms with Crippen LogP contribution in [0.1, 0.15) is 12.0 Å². The van der Waals surface area contributed by atoms with Crippen LogP contribution in [-0.2, 0) is 9.59 Å². The number of urea groups is 1. The van der Waals surface area contributed by atoms with E-state index < -0.39 is 41.3 Å². The average molecular weight is 424 g/mol. The molecule has 1 saturated heterocycles. The molecule has 0 saturated carbocycles. The molecule has 0 radical (unpaired) electrons. The van der Waals surface area contributed by atoms with Crippen LogP contribution >= 0.6 is 0 Å². The quantitative estimate of drug-likeness (QED) is 0.374. The standard InChI is InChI=1S/C18H12N6O7/c25-11-7-13(26)24(16(28)20-11)14-6-5-12(31-14)19-8-9-1-3-10(4-2-9)23-17(29)21-15(27)22-18(23)30/h1-6,8H,7H2,(H,20,25,28)(H2,21,22,27,29,30). The van der Waals surface area contributed by atoms with E-state index >= 15 is 0 Å². The number of aromatic nitrogens is 3. The molecular formula is C18H12N6O7. The van der Waals surface area contributed by atoms with E-state index in [2.05, 4.69) is 4.99 Å². The maximum atomic E-state index is 11.9.